The highest BCUT2D eigenvalue weighted by atomic mass is 16.5. The second-order valence-corrected chi connectivity index (χ2v) is 2.54. The van der Waals surface area contributed by atoms with Gasteiger partial charge in [-0.25, -0.2) is 0 Å². The first-order valence-corrected chi connectivity index (χ1v) is 3.41. The molecule has 1 aliphatic rings. The molecule has 1 aliphatic heterocycles. The van der Waals surface area contributed by atoms with E-state index in [2.05, 4.69) is 11.9 Å². The van der Waals surface area contributed by atoms with Crippen molar-refractivity contribution < 1.29 is 9.84 Å². The van der Waals surface area contributed by atoms with Crippen molar-refractivity contribution in [3.63, 3.8) is 0 Å². The predicted molar refractivity (Wildman–Crippen MR) is 38.8 cm³/mol. The smallest absolute Gasteiger partial charge is 0.118 e. The molecule has 3 nitrogen and oxygen atoms in total. The minimum absolute atomic E-state index is 0.351. The quantitative estimate of drug-likeness (QED) is 0.487. The van der Waals surface area contributed by atoms with Crippen LogP contribution >= 0.6 is 0 Å². The van der Waals surface area contributed by atoms with Crippen LogP contribution < -0.4 is 5.32 Å². The molecule has 3 heteroatoms. The maximum atomic E-state index is 9.55. The minimum Gasteiger partial charge on any atom is -0.382 e. The van der Waals surface area contributed by atoms with Crippen LogP contribution in [0, 0.1) is 0 Å². The summed E-state index contributed by atoms with van der Waals surface area (Å²) in [6.07, 6.45) is 1.52. The number of rotatable bonds is 1. The van der Waals surface area contributed by atoms with Crippen LogP contribution in [-0.4, -0.2) is 37.0 Å². The maximum absolute atomic E-state index is 9.55. The lowest BCUT2D eigenvalue weighted by atomic mass is 10.1. The number of hydrogen-bond acceptors (Lipinski definition) is 3. The topological polar surface area (TPSA) is 41.5 Å². The van der Waals surface area contributed by atoms with Gasteiger partial charge in [0.05, 0.1) is 13.2 Å². The van der Waals surface area contributed by atoms with Gasteiger partial charge in [0.15, 0.2) is 0 Å². The molecule has 0 aromatic heterocycles. The molecule has 0 radical (unpaired) electrons. The summed E-state index contributed by atoms with van der Waals surface area (Å²) in [5, 5.41) is 12.6. The molecule has 0 aliphatic carbocycles. The van der Waals surface area contributed by atoms with E-state index in [1.165, 1.54) is 6.08 Å². The summed E-state index contributed by atoms with van der Waals surface area (Å²) >= 11 is 0. The number of aliphatic hydroxyl groups is 1. The molecule has 58 valence electrons. The van der Waals surface area contributed by atoms with Crippen molar-refractivity contribution in [2.75, 3.05) is 26.3 Å². The SMILES string of the molecule is C=CC1(O)CNCCOC1. The first kappa shape index (κ1) is 7.72. The first-order chi connectivity index (χ1) is 4.77. The van der Waals surface area contributed by atoms with Gasteiger partial charge in [-0.05, 0) is 0 Å². The molecule has 1 saturated heterocycles. The van der Waals surface area contributed by atoms with Crippen LogP contribution in [0.25, 0.3) is 0 Å². The molecule has 1 rings (SSSR count). The zero-order chi connectivity index (χ0) is 7.45. The van der Waals surface area contributed by atoms with E-state index in [1.54, 1.807) is 0 Å². The second kappa shape index (κ2) is 3.14. The number of ether oxygens (including phenoxy) is 1. The zero-order valence-corrected chi connectivity index (χ0v) is 5.97. The average molecular weight is 143 g/mol. The van der Waals surface area contributed by atoms with Crippen LogP contribution in [0.4, 0.5) is 0 Å². The highest BCUT2D eigenvalue weighted by Crippen LogP contribution is 2.06. The summed E-state index contributed by atoms with van der Waals surface area (Å²) < 4.78 is 5.12. The molecule has 1 unspecified atom stereocenters. The predicted octanol–water partition coefficient (Wildman–Crippen LogP) is -0.477. The number of hydrogen-bond donors (Lipinski definition) is 2. The minimum atomic E-state index is -0.865. The van der Waals surface area contributed by atoms with E-state index < -0.39 is 5.60 Å². The summed E-state index contributed by atoms with van der Waals surface area (Å²) in [5.41, 5.74) is -0.865. The summed E-state index contributed by atoms with van der Waals surface area (Å²) in [7, 11) is 0. The molecule has 0 amide bonds. The first-order valence-electron chi connectivity index (χ1n) is 3.41. The standard InChI is InChI=1S/C7H13NO2/c1-2-7(9)5-8-3-4-10-6-7/h2,8-9H,1,3-6H2. The zero-order valence-electron chi connectivity index (χ0n) is 5.97. The Morgan fingerprint density at radius 2 is 2.50 bits per heavy atom. The van der Waals surface area contributed by atoms with Crippen LogP contribution in [0.15, 0.2) is 12.7 Å². The summed E-state index contributed by atoms with van der Waals surface area (Å²) in [6, 6.07) is 0. The Labute approximate surface area is 60.7 Å². The van der Waals surface area contributed by atoms with Gasteiger partial charge in [0.2, 0.25) is 0 Å². The monoisotopic (exact) mass is 143 g/mol. The van der Waals surface area contributed by atoms with Gasteiger partial charge in [-0.15, -0.1) is 6.58 Å². The largest absolute Gasteiger partial charge is 0.382 e. The number of β-amino-alcohol motifs (C(OH)–C–C–N with tert-alkyl or cyclic N) is 1. The van der Waals surface area contributed by atoms with Crippen molar-refractivity contribution in [2.45, 2.75) is 5.60 Å². The fraction of sp³-hybridized carbons (Fsp3) is 0.714. The number of nitrogens with one attached hydrogen (secondary N) is 1. The van der Waals surface area contributed by atoms with E-state index in [4.69, 9.17) is 4.74 Å². The fourth-order valence-corrected chi connectivity index (χ4v) is 0.880. The lowest BCUT2D eigenvalue weighted by molar-refractivity contribution is 0.00772. The van der Waals surface area contributed by atoms with Crippen LogP contribution in [0.2, 0.25) is 0 Å². The Morgan fingerprint density at radius 1 is 1.70 bits per heavy atom. The highest BCUT2D eigenvalue weighted by molar-refractivity contribution is 4.98. The van der Waals surface area contributed by atoms with Crippen LogP contribution in [0.5, 0.6) is 0 Å². The van der Waals surface area contributed by atoms with Crippen molar-refractivity contribution in [2.24, 2.45) is 0 Å². The average Bonchev–Trinajstić information content (AvgIpc) is 2.15. The molecular formula is C7H13NO2. The second-order valence-electron chi connectivity index (χ2n) is 2.54. The Kier molecular flexibility index (Phi) is 2.43. The molecule has 10 heavy (non-hydrogen) atoms. The van der Waals surface area contributed by atoms with Gasteiger partial charge in [-0.2, -0.15) is 0 Å². The third kappa shape index (κ3) is 1.80. The van der Waals surface area contributed by atoms with Gasteiger partial charge in [0.1, 0.15) is 5.60 Å². The lowest BCUT2D eigenvalue weighted by Gasteiger charge is -2.20. The van der Waals surface area contributed by atoms with Gasteiger partial charge in [-0.3, -0.25) is 0 Å². The fourth-order valence-electron chi connectivity index (χ4n) is 0.880. The van der Waals surface area contributed by atoms with Crippen LogP contribution in [0.3, 0.4) is 0 Å². The molecular weight excluding hydrogens is 130 g/mol. The van der Waals surface area contributed by atoms with E-state index in [1.807, 2.05) is 0 Å². The third-order valence-electron chi connectivity index (χ3n) is 1.59. The van der Waals surface area contributed by atoms with Crippen molar-refractivity contribution >= 4 is 0 Å². The Hall–Kier alpha value is -0.380. The summed E-state index contributed by atoms with van der Waals surface area (Å²) in [5.74, 6) is 0. The molecule has 0 aromatic rings. The highest BCUT2D eigenvalue weighted by Gasteiger charge is 2.24. The molecule has 0 bridgehead atoms. The van der Waals surface area contributed by atoms with Gasteiger partial charge in [0, 0.05) is 13.1 Å². The maximum Gasteiger partial charge on any atom is 0.118 e. The molecule has 0 aromatic carbocycles. The van der Waals surface area contributed by atoms with Crippen molar-refractivity contribution in [3.8, 4) is 0 Å². The Morgan fingerprint density at radius 3 is 3.20 bits per heavy atom. The van der Waals surface area contributed by atoms with Crippen molar-refractivity contribution in [1.82, 2.24) is 5.32 Å². The van der Waals surface area contributed by atoms with Crippen molar-refractivity contribution in [1.29, 1.82) is 0 Å². The normalized spacial score (nSPS) is 34.9. The summed E-state index contributed by atoms with van der Waals surface area (Å²) in [4.78, 5) is 0. The summed E-state index contributed by atoms with van der Waals surface area (Å²) in [6.45, 7) is 5.88. The van der Waals surface area contributed by atoms with Crippen molar-refractivity contribution in [3.05, 3.63) is 12.7 Å². The van der Waals surface area contributed by atoms with Crippen LogP contribution in [0.1, 0.15) is 0 Å². The van der Waals surface area contributed by atoms with Gasteiger partial charge < -0.3 is 15.2 Å². The Bertz CT molecular complexity index is 117. The van der Waals surface area contributed by atoms with Gasteiger partial charge in [-0.1, -0.05) is 6.08 Å². The molecule has 0 spiro atoms. The molecule has 1 atom stereocenters. The van der Waals surface area contributed by atoms with Gasteiger partial charge >= 0.3 is 0 Å². The van der Waals surface area contributed by atoms with E-state index >= 15 is 0 Å². The van der Waals surface area contributed by atoms with E-state index in [-0.39, 0.29) is 0 Å². The third-order valence-corrected chi connectivity index (χ3v) is 1.59. The van der Waals surface area contributed by atoms with Gasteiger partial charge in [0.25, 0.3) is 0 Å². The lowest BCUT2D eigenvalue weighted by Crippen LogP contribution is -2.40. The van der Waals surface area contributed by atoms with E-state index in [0.717, 1.165) is 6.54 Å². The van der Waals surface area contributed by atoms with E-state index in [0.29, 0.717) is 19.8 Å². The molecule has 2 N–H and O–H groups in total. The van der Waals surface area contributed by atoms with E-state index in [9.17, 15) is 5.11 Å². The van der Waals surface area contributed by atoms with Crippen LogP contribution in [-0.2, 0) is 4.74 Å². The molecule has 1 fully saturated rings. The molecule has 1 heterocycles. The molecule has 0 saturated carbocycles. The Balaban J connectivity index is 2.48.